The molecule has 0 aliphatic carbocycles. The molecule has 1 heterocycles. The fourth-order valence-corrected chi connectivity index (χ4v) is 3.34. The number of ether oxygens (including phenoxy) is 1. The second-order valence-corrected chi connectivity index (χ2v) is 7.11. The van der Waals surface area contributed by atoms with E-state index in [1.54, 1.807) is 6.07 Å². The van der Waals surface area contributed by atoms with Gasteiger partial charge in [0.1, 0.15) is 5.82 Å². The van der Waals surface area contributed by atoms with Crippen LogP contribution in [0.4, 0.5) is 10.1 Å². The second kappa shape index (κ2) is 7.21. The fourth-order valence-electron chi connectivity index (χ4n) is 2.96. The molecule has 1 amide bonds. The van der Waals surface area contributed by atoms with Gasteiger partial charge in [-0.05, 0) is 48.7 Å². The Morgan fingerprint density at radius 3 is 2.46 bits per heavy atom. The molecule has 0 atom stereocenters. The minimum Gasteiger partial charge on any atom is -0.381 e. The smallest absolute Gasteiger partial charge is 0.235 e. The van der Waals surface area contributed by atoms with E-state index >= 15 is 0 Å². The van der Waals surface area contributed by atoms with E-state index in [4.69, 9.17) is 16.3 Å². The maximum Gasteiger partial charge on any atom is 0.235 e. The fraction of sp³-hybridized carbons (Fsp3) is 0.278. The molecule has 0 bridgehead atoms. The number of hydrogen-bond donors (Lipinski definition) is 1. The van der Waals surface area contributed by atoms with Gasteiger partial charge >= 0.3 is 0 Å². The number of carbonyl (C=O) groups excluding carboxylic acids is 1. The summed E-state index contributed by atoms with van der Waals surface area (Å²) < 4.78 is 20.0. The summed E-state index contributed by atoms with van der Waals surface area (Å²) >= 11 is 9.11. The SMILES string of the molecule is O=C(Nc1ccc(Cl)c(F)c1)C1(c2ccc(Br)cc2)CCOCC1. The van der Waals surface area contributed by atoms with Crippen molar-refractivity contribution in [2.45, 2.75) is 18.3 Å². The zero-order valence-corrected chi connectivity index (χ0v) is 15.2. The molecule has 0 unspecified atom stereocenters. The van der Waals surface area contributed by atoms with Gasteiger partial charge in [-0.1, -0.05) is 39.7 Å². The van der Waals surface area contributed by atoms with Crippen LogP contribution < -0.4 is 5.32 Å². The van der Waals surface area contributed by atoms with Gasteiger partial charge in [-0.15, -0.1) is 0 Å². The maximum absolute atomic E-state index is 13.6. The number of nitrogens with one attached hydrogen (secondary N) is 1. The third-order valence-electron chi connectivity index (χ3n) is 4.36. The number of hydrogen-bond acceptors (Lipinski definition) is 2. The van der Waals surface area contributed by atoms with Crippen LogP contribution in [0.15, 0.2) is 46.9 Å². The Morgan fingerprint density at radius 1 is 1.17 bits per heavy atom. The van der Waals surface area contributed by atoms with Crippen LogP contribution >= 0.6 is 27.5 Å². The molecular weight excluding hydrogens is 397 g/mol. The lowest BCUT2D eigenvalue weighted by Crippen LogP contribution is -2.44. The lowest BCUT2D eigenvalue weighted by molar-refractivity contribution is -0.125. The first kappa shape index (κ1) is 17.4. The number of carbonyl (C=O) groups is 1. The molecule has 0 saturated carbocycles. The van der Waals surface area contributed by atoms with Crippen molar-refractivity contribution in [1.82, 2.24) is 0 Å². The molecule has 3 nitrogen and oxygen atoms in total. The van der Waals surface area contributed by atoms with E-state index in [0.29, 0.717) is 31.7 Å². The molecule has 0 aromatic heterocycles. The first-order valence-corrected chi connectivity index (χ1v) is 8.79. The Balaban J connectivity index is 1.91. The van der Waals surface area contributed by atoms with Crippen molar-refractivity contribution in [1.29, 1.82) is 0 Å². The molecule has 1 aliphatic rings. The molecule has 0 radical (unpaired) electrons. The minimum absolute atomic E-state index is 0.0293. The van der Waals surface area contributed by atoms with Gasteiger partial charge in [0.25, 0.3) is 0 Å². The summed E-state index contributed by atoms with van der Waals surface area (Å²) in [5, 5.41) is 2.86. The quantitative estimate of drug-likeness (QED) is 0.776. The second-order valence-electron chi connectivity index (χ2n) is 5.78. The van der Waals surface area contributed by atoms with Crippen LogP contribution in [0.5, 0.6) is 0 Å². The molecule has 126 valence electrons. The molecule has 6 heteroatoms. The summed E-state index contributed by atoms with van der Waals surface area (Å²) in [6.45, 7) is 1.02. The standard InChI is InChI=1S/C18H16BrClFNO2/c19-13-3-1-12(2-4-13)18(7-9-24-10-8-18)17(23)22-14-5-6-15(20)16(21)11-14/h1-6,11H,7-10H2,(H,22,23). The van der Waals surface area contributed by atoms with Crippen LogP contribution in [0.1, 0.15) is 18.4 Å². The van der Waals surface area contributed by atoms with Crippen LogP contribution in [0.2, 0.25) is 5.02 Å². The van der Waals surface area contributed by atoms with Crippen molar-refractivity contribution >= 4 is 39.1 Å². The van der Waals surface area contributed by atoms with Gasteiger partial charge in [0.2, 0.25) is 5.91 Å². The normalized spacial score (nSPS) is 16.6. The lowest BCUT2D eigenvalue weighted by Gasteiger charge is -2.36. The van der Waals surface area contributed by atoms with E-state index in [-0.39, 0.29) is 10.9 Å². The number of halogens is 3. The molecule has 0 spiro atoms. The average molecular weight is 413 g/mol. The van der Waals surface area contributed by atoms with Crippen molar-refractivity contribution in [3.05, 3.63) is 63.3 Å². The van der Waals surface area contributed by atoms with Crippen LogP contribution in [0, 0.1) is 5.82 Å². The number of rotatable bonds is 3. The monoisotopic (exact) mass is 411 g/mol. The summed E-state index contributed by atoms with van der Waals surface area (Å²) in [5.74, 6) is -0.714. The van der Waals surface area contributed by atoms with Gasteiger partial charge in [-0.3, -0.25) is 4.79 Å². The van der Waals surface area contributed by atoms with Gasteiger partial charge in [0.15, 0.2) is 0 Å². The summed E-state index contributed by atoms with van der Waals surface area (Å²) in [6.07, 6.45) is 1.16. The van der Waals surface area contributed by atoms with E-state index in [0.717, 1.165) is 10.0 Å². The Hall–Kier alpha value is -1.43. The summed E-state index contributed by atoms with van der Waals surface area (Å²) in [5.41, 5.74) is 0.639. The molecule has 1 fully saturated rings. The number of benzene rings is 2. The van der Waals surface area contributed by atoms with Gasteiger partial charge < -0.3 is 10.1 Å². The minimum atomic E-state index is -0.685. The molecule has 3 rings (SSSR count). The first-order valence-electron chi connectivity index (χ1n) is 7.61. The first-order chi connectivity index (χ1) is 11.5. The Kier molecular flexibility index (Phi) is 5.23. The Labute approximate surface area is 153 Å². The molecule has 24 heavy (non-hydrogen) atoms. The summed E-state index contributed by atoms with van der Waals surface area (Å²) in [6, 6.07) is 12.0. The van der Waals surface area contributed by atoms with Crippen LogP contribution in [-0.2, 0) is 14.9 Å². The molecule has 2 aromatic rings. The lowest BCUT2D eigenvalue weighted by atomic mass is 9.73. The summed E-state index contributed by atoms with van der Waals surface area (Å²) in [7, 11) is 0. The Morgan fingerprint density at radius 2 is 1.83 bits per heavy atom. The van der Waals surface area contributed by atoms with Crippen LogP contribution in [0.25, 0.3) is 0 Å². The zero-order valence-electron chi connectivity index (χ0n) is 12.8. The van der Waals surface area contributed by atoms with E-state index in [2.05, 4.69) is 21.2 Å². The van der Waals surface area contributed by atoms with E-state index in [1.165, 1.54) is 12.1 Å². The van der Waals surface area contributed by atoms with Crippen molar-refractivity contribution in [3.63, 3.8) is 0 Å². The van der Waals surface area contributed by atoms with Crippen molar-refractivity contribution in [2.24, 2.45) is 0 Å². The van der Waals surface area contributed by atoms with Crippen molar-refractivity contribution in [3.8, 4) is 0 Å². The van der Waals surface area contributed by atoms with Crippen LogP contribution in [-0.4, -0.2) is 19.1 Å². The topological polar surface area (TPSA) is 38.3 Å². The third-order valence-corrected chi connectivity index (χ3v) is 5.19. The predicted molar refractivity (Wildman–Crippen MR) is 95.9 cm³/mol. The summed E-state index contributed by atoms with van der Waals surface area (Å²) in [4.78, 5) is 13.0. The van der Waals surface area contributed by atoms with Crippen LogP contribution in [0.3, 0.4) is 0 Å². The molecule has 1 aliphatic heterocycles. The molecule has 1 N–H and O–H groups in total. The highest BCUT2D eigenvalue weighted by molar-refractivity contribution is 9.10. The largest absolute Gasteiger partial charge is 0.381 e. The highest BCUT2D eigenvalue weighted by Gasteiger charge is 2.41. The average Bonchev–Trinajstić information content (AvgIpc) is 2.59. The maximum atomic E-state index is 13.6. The van der Waals surface area contributed by atoms with Gasteiger partial charge in [0, 0.05) is 23.4 Å². The molecular formula is C18H16BrClFNO2. The Bertz CT molecular complexity index is 745. The molecule has 2 aromatic carbocycles. The predicted octanol–water partition coefficient (Wildman–Crippen LogP) is 4.93. The van der Waals surface area contributed by atoms with Gasteiger partial charge in [-0.2, -0.15) is 0 Å². The molecule has 1 saturated heterocycles. The van der Waals surface area contributed by atoms with E-state index in [1.807, 2.05) is 24.3 Å². The van der Waals surface area contributed by atoms with Gasteiger partial charge in [0.05, 0.1) is 10.4 Å². The van der Waals surface area contributed by atoms with E-state index < -0.39 is 11.2 Å². The third kappa shape index (κ3) is 3.48. The van der Waals surface area contributed by atoms with Crippen molar-refractivity contribution < 1.29 is 13.9 Å². The van der Waals surface area contributed by atoms with E-state index in [9.17, 15) is 9.18 Å². The zero-order chi connectivity index (χ0) is 17.2. The van der Waals surface area contributed by atoms with Crippen molar-refractivity contribution in [2.75, 3.05) is 18.5 Å². The highest BCUT2D eigenvalue weighted by atomic mass is 79.9. The highest BCUT2D eigenvalue weighted by Crippen LogP contribution is 2.37. The van der Waals surface area contributed by atoms with Gasteiger partial charge in [-0.25, -0.2) is 4.39 Å². The number of amides is 1. The number of anilines is 1.